The van der Waals surface area contributed by atoms with Gasteiger partial charge in [0.1, 0.15) is 0 Å². The van der Waals surface area contributed by atoms with Crippen LogP contribution in [0.5, 0.6) is 0 Å². The van der Waals surface area contributed by atoms with Gasteiger partial charge in [-0.05, 0) is 55.4 Å². The number of carbonyl (C=O) groups is 1. The summed E-state index contributed by atoms with van der Waals surface area (Å²) in [6.07, 6.45) is 1.42. The molecule has 92 valence electrons. The van der Waals surface area contributed by atoms with Crippen molar-refractivity contribution >= 4 is 21.9 Å². The highest BCUT2D eigenvalue weighted by Crippen LogP contribution is 2.36. The van der Waals surface area contributed by atoms with Crippen LogP contribution in [-0.4, -0.2) is 12.6 Å². The van der Waals surface area contributed by atoms with E-state index in [2.05, 4.69) is 42.8 Å². The highest BCUT2D eigenvalue weighted by molar-refractivity contribution is 9.10. The molecule has 0 amide bonds. The van der Waals surface area contributed by atoms with E-state index in [1.807, 2.05) is 0 Å². The summed E-state index contributed by atoms with van der Waals surface area (Å²) >= 11 is 3.67. The van der Waals surface area contributed by atoms with Crippen molar-refractivity contribution in [2.75, 3.05) is 6.61 Å². The predicted octanol–water partition coefficient (Wildman–Crippen LogP) is 3.79. The summed E-state index contributed by atoms with van der Waals surface area (Å²) < 4.78 is 6.15. The van der Waals surface area contributed by atoms with Crippen molar-refractivity contribution in [3.05, 3.63) is 32.8 Å². The smallest absolute Gasteiger partial charge is 0.306 e. The fourth-order valence-corrected chi connectivity index (χ4v) is 3.06. The maximum Gasteiger partial charge on any atom is 0.306 e. The van der Waals surface area contributed by atoms with Crippen LogP contribution in [0.3, 0.4) is 0 Å². The second kappa shape index (κ2) is 4.81. The molecule has 1 aliphatic rings. The van der Waals surface area contributed by atoms with Gasteiger partial charge in [0.2, 0.25) is 0 Å². The van der Waals surface area contributed by atoms with Gasteiger partial charge in [-0.1, -0.05) is 22.0 Å². The van der Waals surface area contributed by atoms with E-state index in [1.54, 1.807) is 0 Å². The number of esters is 1. The first-order valence-electron chi connectivity index (χ1n) is 5.92. The minimum atomic E-state index is -0.0796. The summed E-state index contributed by atoms with van der Waals surface area (Å²) in [6.45, 7) is 6.92. The van der Waals surface area contributed by atoms with Crippen LogP contribution in [0.2, 0.25) is 0 Å². The van der Waals surface area contributed by atoms with Crippen molar-refractivity contribution in [2.24, 2.45) is 0 Å². The van der Waals surface area contributed by atoms with Crippen LogP contribution >= 0.6 is 15.9 Å². The second-order valence-corrected chi connectivity index (χ2v) is 5.55. The molecule has 1 atom stereocenters. The van der Waals surface area contributed by atoms with Gasteiger partial charge in [0, 0.05) is 4.47 Å². The van der Waals surface area contributed by atoms with Gasteiger partial charge < -0.3 is 4.74 Å². The quantitative estimate of drug-likeness (QED) is 0.737. The highest BCUT2D eigenvalue weighted by Gasteiger charge is 2.25. The molecule has 1 aliphatic heterocycles. The summed E-state index contributed by atoms with van der Waals surface area (Å²) in [5, 5.41) is 0. The number of ether oxygens (including phenoxy) is 1. The fourth-order valence-electron chi connectivity index (χ4n) is 2.32. The molecule has 0 aliphatic carbocycles. The Hall–Kier alpha value is -0.830. The zero-order chi connectivity index (χ0) is 12.6. The predicted molar refractivity (Wildman–Crippen MR) is 71.3 cm³/mol. The lowest BCUT2D eigenvalue weighted by atomic mass is 9.88. The number of aryl methyl sites for hydroxylation is 1. The molecule has 0 spiro atoms. The van der Waals surface area contributed by atoms with E-state index < -0.39 is 0 Å². The summed E-state index contributed by atoms with van der Waals surface area (Å²) in [5.41, 5.74) is 5.14. The Bertz CT molecular complexity index is 466. The van der Waals surface area contributed by atoms with Crippen molar-refractivity contribution in [3.63, 3.8) is 0 Å². The Morgan fingerprint density at radius 2 is 2.00 bits per heavy atom. The lowest BCUT2D eigenvalue weighted by Gasteiger charge is -2.24. The number of hydrogen-bond donors (Lipinski definition) is 0. The Kier molecular flexibility index (Phi) is 3.57. The topological polar surface area (TPSA) is 26.3 Å². The molecule has 1 heterocycles. The third-order valence-corrected chi connectivity index (χ3v) is 4.74. The molecule has 0 N–H and O–H groups in total. The van der Waals surface area contributed by atoms with Crippen LogP contribution in [0.15, 0.2) is 10.5 Å². The molecule has 0 bridgehead atoms. The molecule has 2 nitrogen and oxygen atoms in total. The normalized spacial score (nSPS) is 20.2. The molecule has 0 saturated carbocycles. The Morgan fingerprint density at radius 3 is 2.65 bits per heavy atom. The molecule has 17 heavy (non-hydrogen) atoms. The first-order chi connectivity index (χ1) is 8.00. The average Bonchev–Trinajstić information content (AvgIpc) is 2.31. The van der Waals surface area contributed by atoms with Crippen LogP contribution in [0, 0.1) is 20.8 Å². The van der Waals surface area contributed by atoms with Crippen molar-refractivity contribution in [2.45, 2.75) is 39.5 Å². The lowest BCUT2D eigenvalue weighted by Crippen LogP contribution is -2.20. The summed E-state index contributed by atoms with van der Waals surface area (Å²) in [5.74, 6) is 0.215. The molecular formula is C14H17BrO2. The lowest BCUT2D eigenvalue weighted by molar-refractivity contribution is -0.147. The van der Waals surface area contributed by atoms with E-state index in [0.29, 0.717) is 18.9 Å². The monoisotopic (exact) mass is 296 g/mol. The number of hydrogen-bond acceptors (Lipinski definition) is 2. The summed E-state index contributed by atoms with van der Waals surface area (Å²) in [6, 6.07) is 2.20. The van der Waals surface area contributed by atoms with Crippen molar-refractivity contribution in [1.29, 1.82) is 0 Å². The maximum atomic E-state index is 11.4. The first kappa shape index (κ1) is 12.6. The van der Waals surface area contributed by atoms with Gasteiger partial charge >= 0.3 is 5.97 Å². The van der Waals surface area contributed by atoms with Crippen LogP contribution in [0.25, 0.3) is 0 Å². The molecule has 1 aromatic rings. The van der Waals surface area contributed by atoms with Gasteiger partial charge in [0.05, 0.1) is 13.0 Å². The van der Waals surface area contributed by atoms with Crippen molar-refractivity contribution in [3.8, 4) is 0 Å². The van der Waals surface area contributed by atoms with Crippen molar-refractivity contribution < 1.29 is 9.53 Å². The molecule has 0 radical (unpaired) electrons. The maximum absolute atomic E-state index is 11.4. The molecule has 1 unspecified atom stereocenters. The van der Waals surface area contributed by atoms with Crippen LogP contribution in [0.1, 0.15) is 41.0 Å². The zero-order valence-corrected chi connectivity index (χ0v) is 12.1. The second-order valence-electron chi connectivity index (χ2n) is 4.76. The van der Waals surface area contributed by atoms with E-state index in [-0.39, 0.29) is 5.97 Å². The van der Waals surface area contributed by atoms with E-state index >= 15 is 0 Å². The highest BCUT2D eigenvalue weighted by atomic mass is 79.9. The molecular weight excluding hydrogens is 280 g/mol. The number of cyclic esters (lactones) is 1. The van der Waals surface area contributed by atoms with Gasteiger partial charge in [-0.25, -0.2) is 0 Å². The van der Waals surface area contributed by atoms with Crippen LogP contribution < -0.4 is 0 Å². The molecule has 1 aromatic carbocycles. The number of carbonyl (C=O) groups excluding carboxylic acids is 1. The van der Waals surface area contributed by atoms with Gasteiger partial charge in [-0.3, -0.25) is 4.79 Å². The van der Waals surface area contributed by atoms with Gasteiger partial charge in [-0.15, -0.1) is 0 Å². The third kappa shape index (κ3) is 2.39. The van der Waals surface area contributed by atoms with Gasteiger partial charge in [0.25, 0.3) is 0 Å². The Labute approximate surface area is 110 Å². The van der Waals surface area contributed by atoms with E-state index in [1.165, 1.54) is 22.3 Å². The molecule has 3 heteroatoms. The fraction of sp³-hybridized carbons (Fsp3) is 0.500. The summed E-state index contributed by atoms with van der Waals surface area (Å²) in [4.78, 5) is 11.4. The minimum Gasteiger partial charge on any atom is -0.466 e. The number of rotatable bonds is 1. The first-order valence-corrected chi connectivity index (χ1v) is 6.71. The minimum absolute atomic E-state index is 0.0796. The Balaban J connectivity index is 2.41. The third-order valence-electron chi connectivity index (χ3n) is 3.69. The van der Waals surface area contributed by atoms with Crippen LogP contribution in [0.4, 0.5) is 0 Å². The number of benzene rings is 1. The average molecular weight is 297 g/mol. The number of halogens is 1. The largest absolute Gasteiger partial charge is 0.466 e. The summed E-state index contributed by atoms with van der Waals surface area (Å²) in [7, 11) is 0. The molecule has 1 fully saturated rings. The Morgan fingerprint density at radius 1 is 1.29 bits per heavy atom. The molecule has 2 rings (SSSR count). The van der Waals surface area contributed by atoms with Crippen LogP contribution in [-0.2, 0) is 9.53 Å². The molecule has 0 aromatic heterocycles. The van der Waals surface area contributed by atoms with E-state index in [0.717, 1.165) is 10.9 Å². The van der Waals surface area contributed by atoms with E-state index in [9.17, 15) is 4.79 Å². The van der Waals surface area contributed by atoms with Crippen molar-refractivity contribution in [1.82, 2.24) is 0 Å². The standard InChI is InChI=1S/C14H17BrO2/c1-8-6-12(14(15)10(3)9(8)2)11-4-5-17-13(16)7-11/h6,11H,4-5,7H2,1-3H3. The molecule has 1 saturated heterocycles. The van der Waals surface area contributed by atoms with E-state index in [4.69, 9.17) is 4.74 Å². The van der Waals surface area contributed by atoms with Gasteiger partial charge in [-0.2, -0.15) is 0 Å². The zero-order valence-electron chi connectivity index (χ0n) is 10.5. The SMILES string of the molecule is Cc1cc(C2CCOC(=O)C2)c(Br)c(C)c1C. The van der Waals surface area contributed by atoms with Gasteiger partial charge in [0.15, 0.2) is 0 Å².